The third kappa shape index (κ3) is 12.2. The Morgan fingerprint density at radius 3 is 2.46 bits per heavy atom. The summed E-state index contributed by atoms with van der Waals surface area (Å²) in [4.78, 5) is 24.7. The monoisotopic (exact) mass is 938 g/mol. The molecule has 0 aromatic heterocycles. The molecule has 0 bridgehead atoms. The lowest BCUT2D eigenvalue weighted by molar-refractivity contribution is -0.258. The average molecular weight is 939 g/mol. The first-order valence-electron chi connectivity index (χ1n) is 25.1. The van der Waals surface area contributed by atoms with Crippen molar-refractivity contribution in [2.75, 3.05) is 38.8 Å². The van der Waals surface area contributed by atoms with Crippen LogP contribution < -0.4 is 9.47 Å². The maximum Gasteiger partial charge on any atom is 0.239 e. The van der Waals surface area contributed by atoms with E-state index in [2.05, 4.69) is 30.9 Å². The number of unbranched alkanes of at least 4 members (excludes halogenated alkanes) is 2. The number of fused-ring (bicyclic) bond motifs is 2. The van der Waals surface area contributed by atoms with Gasteiger partial charge in [0.25, 0.3) is 0 Å². The average Bonchev–Trinajstić information content (AvgIpc) is 3.89. The van der Waals surface area contributed by atoms with E-state index in [1.165, 1.54) is 29.9 Å². The van der Waals surface area contributed by atoms with Crippen LogP contribution in [-0.4, -0.2) is 83.6 Å². The van der Waals surface area contributed by atoms with Gasteiger partial charge in [0.15, 0.2) is 0 Å². The van der Waals surface area contributed by atoms with Gasteiger partial charge in [-0.3, -0.25) is 4.79 Å². The summed E-state index contributed by atoms with van der Waals surface area (Å²) in [5.41, 5.74) is 3.52. The number of halogens is 1. The van der Waals surface area contributed by atoms with Gasteiger partial charge in [0.1, 0.15) is 23.4 Å². The molecule has 2 saturated carbocycles. The van der Waals surface area contributed by atoms with Crippen LogP contribution in [0.2, 0.25) is 0 Å². The third-order valence-electron chi connectivity index (χ3n) is 14.6. The highest BCUT2D eigenvalue weighted by Crippen LogP contribution is 2.62. The molecule has 2 aliphatic heterocycles. The Balaban J connectivity index is 1.27. The minimum Gasteiger partial charge on any atom is -0.493 e. The number of aliphatic hydroxyl groups excluding tert-OH is 2. The van der Waals surface area contributed by atoms with E-state index in [1.54, 1.807) is 30.0 Å². The van der Waals surface area contributed by atoms with E-state index in [0.29, 0.717) is 44.1 Å². The van der Waals surface area contributed by atoms with Crippen molar-refractivity contribution in [2.45, 2.75) is 138 Å². The molecular formula is C55H71FN2O8S. The maximum atomic E-state index is 15.2. The Hall–Kier alpha value is -4.20. The van der Waals surface area contributed by atoms with Gasteiger partial charge in [0.2, 0.25) is 18.0 Å². The van der Waals surface area contributed by atoms with Gasteiger partial charge in [-0.15, -0.1) is 18.3 Å². The summed E-state index contributed by atoms with van der Waals surface area (Å²) in [6.45, 7) is 5.81. The molecule has 3 fully saturated rings. The summed E-state index contributed by atoms with van der Waals surface area (Å²) >= 11 is 1.75. The van der Waals surface area contributed by atoms with Gasteiger partial charge in [0, 0.05) is 61.2 Å². The van der Waals surface area contributed by atoms with Gasteiger partial charge in [0.05, 0.1) is 31.5 Å². The number of nitrogens with zero attached hydrogens (tertiary/aromatic N) is 2. The van der Waals surface area contributed by atoms with E-state index in [1.807, 2.05) is 35.2 Å². The Morgan fingerprint density at radius 1 is 0.940 bits per heavy atom. The molecule has 67 heavy (non-hydrogen) atoms. The normalized spacial score (nSPS) is 26.3. The van der Waals surface area contributed by atoms with E-state index in [9.17, 15) is 14.6 Å². The van der Waals surface area contributed by atoms with Gasteiger partial charge >= 0.3 is 0 Å². The first kappa shape index (κ1) is 49.2. The highest BCUT2D eigenvalue weighted by Gasteiger charge is 2.65. The number of carbonyl (C=O) groups is 1. The molecule has 362 valence electrons. The predicted molar refractivity (Wildman–Crippen MR) is 260 cm³/mol. The van der Waals surface area contributed by atoms with Crippen LogP contribution in [0.15, 0.2) is 107 Å². The number of carbonyl (C=O) groups excluding carboxylic acids is 1. The van der Waals surface area contributed by atoms with E-state index in [4.69, 9.17) is 28.9 Å². The molecule has 5 aliphatic rings. The SMILES string of the molecule is C=CCOC12Oc3ccc(OCCSc4ccccc4)cc3C3C(CCCCO)C(CCCCO)C=C(C(=NOC4CCCCO4)CC1N(Cc1ccc(F)cc1)C(=O)CCC1CCCC1)C32. The highest BCUT2D eigenvalue weighted by molar-refractivity contribution is 7.99. The first-order chi connectivity index (χ1) is 32.9. The molecule has 2 N–H and O–H groups in total. The highest BCUT2D eigenvalue weighted by atomic mass is 32.2. The number of hydrogen-bond acceptors (Lipinski definition) is 10. The van der Waals surface area contributed by atoms with Crippen LogP contribution in [0.3, 0.4) is 0 Å². The Kier molecular flexibility index (Phi) is 17.9. The van der Waals surface area contributed by atoms with Crippen LogP contribution >= 0.6 is 11.8 Å². The molecule has 7 unspecified atom stereocenters. The minimum atomic E-state index is -1.40. The zero-order valence-corrected chi connectivity index (χ0v) is 39.9. The fraction of sp³-hybridized carbons (Fsp3) is 0.564. The quantitative estimate of drug-likeness (QED) is 0.0392. The largest absolute Gasteiger partial charge is 0.493 e. The van der Waals surface area contributed by atoms with Crippen molar-refractivity contribution < 1.29 is 43.2 Å². The summed E-state index contributed by atoms with van der Waals surface area (Å²) in [7, 11) is 0. The lowest BCUT2D eigenvalue weighted by Gasteiger charge is -2.60. The van der Waals surface area contributed by atoms with Crippen molar-refractivity contribution in [2.24, 2.45) is 28.8 Å². The first-order valence-corrected chi connectivity index (χ1v) is 26.1. The number of ether oxygens (including phenoxy) is 4. The summed E-state index contributed by atoms with van der Waals surface area (Å²) in [6, 6.07) is 22.2. The fourth-order valence-corrected chi connectivity index (χ4v) is 12.2. The molecule has 3 aliphatic carbocycles. The predicted octanol–water partition coefficient (Wildman–Crippen LogP) is 11.2. The fourth-order valence-electron chi connectivity index (χ4n) is 11.4. The molecule has 7 atom stereocenters. The van der Waals surface area contributed by atoms with E-state index in [-0.39, 0.29) is 62.3 Å². The van der Waals surface area contributed by atoms with Crippen molar-refractivity contribution in [3.63, 3.8) is 0 Å². The van der Waals surface area contributed by atoms with Crippen molar-refractivity contribution >= 4 is 23.4 Å². The standard InChI is InChI=1S/C55H71FN2O8S/c1-2-31-64-55-50(58(38-40-21-24-42(56)25-22-40)51(61)28-23-39-14-6-7-15-39)37-48(57-66-52-20-10-13-32-63-52)46-35-41(16-8-11-29-59)45(19-9-12-30-60)53(54(46)55)47-36-43(26-27-49(47)65-55)62-33-34-67-44-17-4-3-5-18-44/h2-5,17-18,21-22,24-27,35-36,39,41,45,50,52-54,59-60H,1,6-16,19-20,23,28-34,37-38H2. The van der Waals surface area contributed by atoms with Gasteiger partial charge < -0.3 is 38.9 Å². The van der Waals surface area contributed by atoms with E-state index < -0.39 is 24.0 Å². The summed E-state index contributed by atoms with van der Waals surface area (Å²) in [5, 5.41) is 25.1. The van der Waals surface area contributed by atoms with Gasteiger partial charge in [-0.2, -0.15) is 0 Å². The molecule has 0 radical (unpaired) electrons. The molecule has 0 spiro atoms. The molecule has 2 heterocycles. The Morgan fingerprint density at radius 2 is 1.72 bits per heavy atom. The van der Waals surface area contributed by atoms with Gasteiger partial charge in [-0.1, -0.05) is 86.2 Å². The van der Waals surface area contributed by atoms with Crippen LogP contribution in [-0.2, 0) is 25.7 Å². The number of amides is 1. The van der Waals surface area contributed by atoms with Gasteiger partial charge in [-0.05, 0) is 116 Å². The van der Waals surface area contributed by atoms with Crippen molar-refractivity contribution in [1.29, 1.82) is 0 Å². The van der Waals surface area contributed by atoms with Crippen molar-refractivity contribution in [3.8, 4) is 11.5 Å². The van der Waals surface area contributed by atoms with Crippen LogP contribution in [0.1, 0.15) is 120 Å². The zero-order chi connectivity index (χ0) is 46.4. The summed E-state index contributed by atoms with van der Waals surface area (Å²) in [6.07, 6.45) is 17.1. The number of hydrogen-bond donors (Lipinski definition) is 2. The number of oxime groups is 1. The Labute approximate surface area is 401 Å². The number of thioether (sulfide) groups is 1. The molecule has 8 rings (SSSR count). The Bertz CT molecular complexity index is 2110. The third-order valence-corrected chi connectivity index (χ3v) is 15.6. The second kappa shape index (κ2) is 24.4. The topological polar surface area (TPSA) is 119 Å². The number of allylic oxidation sites excluding steroid dienone is 1. The van der Waals surface area contributed by atoms with Crippen LogP contribution in [0.25, 0.3) is 0 Å². The van der Waals surface area contributed by atoms with E-state index >= 15 is 4.79 Å². The van der Waals surface area contributed by atoms with E-state index in [0.717, 1.165) is 98.1 Å². The lowest BCUT2D eigenvalue weighted by atomic mass is 9.55. The molecule has 3 aromatic rings. The van der Waals surface area contributed by atoms with Crippen molar-refractivity contribution in [1.82, 2.24) is 4.90 Å². The summed E-state index contributed by atoms with van der Waals surface area (Å²) in [5.74, 6) is 0.472. The minimum absolute atomic E-state index is 0.00799. The molecule has 1 amide bonds. The molecule has 3 aromatic carbocycles. The number of aliphatic hydroxyl groups is 2. The molecule has 1 saturated heterocycles. The maximum absolute atomic E-state index is 15.2. The van der Waals surface area contributed by atoms with Crippen molar-refractivity contribution in [3.05, 3.63) is 114 Å². The number of rotatable bonds is 24. The lowest BCUT2D eigenvalue weighted by Crippen LogP contribution is -2.70. The molecular weight excluding hydrogens is 868 g/mol. The molecule has 10 nitrogen and oxygen atoms in total. The summed E-state index contributed by atoms with van der Waals surface area (Å²) < 4.78 is 41.8. The second-order valence-electron chi connectivity index (χ2n) is 19.0. The number of benzene rings is 3. The van der Waals surface area contributed by atoms with Crippen LogP contribution in [0.4, 0.5) is 4.39 Å². The zero-order valence-electron chi connectivity index (χ0n) is 39.1. The second-order valence-corrected chi connectivity index (χ2v) is 20.2. The van der Waals surface area contributed by atoms with Crippen LogP contribution in [0, 0.1) is 29.5 Å². The molecule has 12 heteroatoms. The van der Waals surface area contributed by atoms with Crippen LogP contribution in [0.5, 0.6) is 11.5 Å². The van der Waals surface area contributed by atoms with Gasteiger partial charge in [-0.25, -0.2) is 4.39 Å². The smallest absolute Gasteiger partial charge is 0.239 e.